The summed E-state index contributed by atoms with van der Waals surface area (Å²) >= 11 is 1.42. The first-order valence-corrected chi connectivity index (χ1v) is 15.4. The Kier molecular flexibility index (Phi) is 10.3. The summed E-state index contributed by atoms with van der Waals surface area (Å²) in [4.78, 5) is 40.2. The van der Waals surface area contributed by atoms with Gasteiger partial charge in [-0.05, 0) is 85.5 Å². The third-order valence-corrected chi connectivity index (χ3v) is 7.98. The lowest BCUT2D eigenvalue weighted by Crippen LogP contribution is -2.30. The fourth-order valence-corrected chi connectivity index (χ4v) is 5.45. The number of carbonyl (C=O) groups is 3. The van der Waals surface area contributed by atoms with Crippen molar-refractivity contribution in [3.05, 3.63) is 138 Å². The van der Waals surface area contributed by atoms with E-state index in [2.05, 4.69) is 16.0 Å². The lowest BCUT2D eigenvalue weighted by atomic mass is 10.1. The van der Waals surface area contributed by atoms with E-state index in [9.17, 15) is 14.4 Å². The number of fused-ring (bicyclic) bond motifs is 1. The Hall–Kier alpha value is -5.34. The number of nitrogens with one attached hydrogen (secondary N) is 3. The fourth-order valence-electron chi connectivity index (χ4n) is 4.58. The van der Waals surface area contributed by atoms with E-state index < -0.39 is 11.8 Å². The van der Waals surface area contributed by atoms with Crippen LogP contribution in [-0.4, -0.2) is 29.6 Å². The zero-order valence-electron chi connectivity index (χ0n) is 25.0. The van der Waals surface area contributed by atoms with Crippen molar-refractivity contribution in [1.29, 1.82) is 0 Å². The SMILES string of the molecule is CCOc1ccc(/C=C(\NC(=O)c2ccccc2)C(=O)Nc2ccc(SC(C)C(=O)Nc3cccc4ccccc34)cc2)cc1. The molecular weight excluding hydrogens is 582 g/mol. The molecule has 45 heavy (non-hydrogen) atoms. The van der Waals surface area contributed by atoms with Crippen molar-refractivity contribution in [2.75, 3.05) is 17.2 Å². The van der Waals surface area contributed by atoms with Crippen LogP contribution in [0.25, 0.3) is 16.8 Å². The molecule has 0 saturated carbocycles. The van der Waals surface area contributed by atoms with Crippen LogP contribution in [0.5, 0.6) is 5.75 Å². The van der Waals surface area contributed by atoms with Crippen molar-refractivity contribution in [2.45, 2.75) is 24.0 Å². The Morgan fingerprint density at radius 3 is 2.20 bits per heavy atom. The molecule has 5 rings (SSSR count). The molecule has 0 fully saturated rings. The molecule has 0 aliphatic carbocycles. The number of anilines is 2. The third-order valence-electron chi connectivity index (χ3n) is 6.87. The van der Waals surface area contributed by atoms with Crippen molar-refractivity contribution in [3.63, 3.8) is 0 Å². The van der Waals surface area contributed by atoms with Gasteiger partial charge in [0.05, 0.1) is 11.9 Å². The molecule has 0 bridgehead atoms. The van der Waals surface area contributed by atoms with Gasteiger partial charge >= 0.3 is 0 Å². The van der Waals surface area contributed by atoms with E-state index in [1.165, 1.54) is 11.8 Å². The number of amides is 3. The molecule has 0 heterocycles. The van der Waals surface area contributed by atoms with Gasteiger partial charge in [0.15, 0.2) is 0 Å². The largest absolute Gasteiger partial charge is 0.494 e. The predicted octanol–water partition coefficient (Wildman–Crippen LogP) is 7.77. The zero-order chi connectivity index (χ0) is 31.6. The highest BCUT2D eigenvalue weighted by Gasteiger charge is 2.17. The summed E-state index contributed by atoms with van der Waals surface area (Å²) in [5.74, 6) is -0.263. The molecule has 8 heteroatoms. The maximum Gasteiger partial charge on any atom is 0.272 e. The summed E-state index contributed by atoms with van der Waals surface area (Å²) in [6.45, 7) is 4.31. The van der Waals surface area contributed by atoms with Gasteiger partial charge in [-0.25, -0.2) is 0 Å². The minimum atomic E-state index is -0.476. The molecule has 3 N–H and O–H groups in total. The number of hydrogen-bond acceptors (Lipinski definition) is 5. The molecular formula is C37H33N3O4S. The molecule has 1 atom stereocenters. The molecule has 0 aliphatic heterocycles. The summed E-state index contributed by atoms with van der Waals surface area (Å²) in [5.41, 5.74) is 2.56. The van der Waals surface area contributed by atoms with Crippen LogP contribution in [0.3, 0.4) is 0 Å². The summed E-state index contributed by atoms with van der Waals surface area (Å²) in [5, 5.41) is 10.4. The topological polar surface area (TPSA) is 96.5 Å². The van der Waals surface area contributed by atoms with E-state index in [1.54, 1.807) is 42.5 Å². The Labute approximate surface area is 266 Å². The van der Waals surface area contributed by atoms with Crippen molar-refractivity contribution < 1.29 is 19.1 Å². The van der Waals surface area contributed by atoms with Crippen LogP contribution in [-0.2, 0) is 9.59 Å². The summed E-state index contributed by atoms with van der Waals surface area (Å²) in [6, 6.07) is 36.9. The Balaban J connectivity index is 1.25. The molecule has 226 valence electrons. The molecule has 0 aliphatic rings. The van der Waals surface area contributed by atoms with Crippen LogP contribution >= 0.6 is 11.8 Å². The van der Waals surface area contributed by atoms with E-state index in [4.69, 9.17) is 4.74 Å². The van der Waals surface area contributed by atoms with E-state index in [0.29, 0.717) is 23.6 Å². The lowest BCUT2D eigenvalue weighted by Gasteiger charge is -2.14. The third kappa shape index (κ3) is 8.40. The average Bonchev–Trinajstić information content (AvgIpc) is 3.06. The summed E-state index contributed by atoms with van der Waals surface area (Å²) in [7, 11) is 0. The average molecular weight is 616 g/mol. The van der Waals surface area contributed by atoms with Crippen molar-refractivity contribution in [1.82, 2.24) is 5.32 Å². The van der Waals surface area contributed by atoms with Crippen LogP contribution < -0.4 is 20.7 Å². The summed E-state index contributed by atoms with van der Waals surface area (Å²) < 4.78 is 5.51. The van der Waals surface area contributed by atoms with Gasteiger partial charge in [0.2, 0.25) is 5.91 Å². The molecule has 0 saturated heterocycles. The second-order valence-corrected chi connectivity index (χ2v) is 11.5. The Bertz CT molecular complexity index is 1820. The molecule has 0 aromatic heterocycles. The first kappa shape index (κ1) is 31.1. The first-order chi connectivity index (χ1) is 21.9. The Morgan fingerprint density at radius 2 is 1.47 bits per heavy atom. The fraction of sp³-hybridized carbons (Fsp3) is 0.108. The van der Waals surface area contributed by atoms with Crippen molar-refractivity contribution in [2.24, 2.45) is 0 Å². The summed E-state index contributed by atoms with van der Waals surface area (Å²) in [6.07, 6.45) is 1.62. The minimum absolute atomic E-state index is 0.0881. The molecule has 0 radical (unpaired) electrons. The van der Waals surface area contributed by atoms with E-state index >= 15 is 0 Å². The smallest absolute Gasteiger partial charge is 0.272 e. The lowest BCUT2D eigenvalue weighted by molar-refractivity contribution is -0.115. The van der Waals surface area contributed by atoms with Crippen molar-refractivity contribution >= 4 is 57.7 Å². The monoisotopic (exact) mass is 615 g/mol. The maximum absolute atomic E-state index is 13.4. The van der Waals surface area contributed by atoms with E-state index in [0.717, 1.165) is 26.9 Å². The number of ether oxygens (including phenoxy) is 1. The van der Waals surface area contributed by atoms with Crippen LogP contribution in [0.1, 0.15) is 29.8 Å². The molecule has 5 aromatic rings. The molecule has 0 spiro atoms. The van der Waals surface area contributed by atoms with Crippen LogP contribution in [0.4, 0.5) is 11.4 Å². The number of rotatable bonds is 11. The number of carbonyl (C=O) groups excluding carboxylic acids is 3. The van der Waals surface area contributed by atoms with Gasteiger partial charge in [0.1, 0.15) is 11.4 Å². The van der Waals surface area contributed by atoms with Gasteiger partial charge in [-0.2, -0.15) is 0 Å². The standard InChI is InChI=1S/C37H33N3O4S/c1-3-44-30-20-16-26(17-21-30)24-34(40-36(42)28-11-5-4-6-12-28)37(43)38-29-18-22-31(23-19-29)45-25(2)35(41)39-33-15-9-13-27-10-7-8-14-32(27)33/h4-25H,3H2,1-2H3,(H,38,43)(H,39,41)(H,40,42)/b34-24-. The maximum atomic E-state index is 13.4. The van der Waals surface area contributed by atoms with Crippen LogP contribution in [0.15, 0.2) is 132 Å². The highest BCUT2D eigenvalue weighted by atomic mass is 32.2. The Morgan fingerprint density at radius 1 is 0.778 bits per heavy atom. The normalized spacial score (nSPS) is 11.8. The van der Waals surface area contributed by atoms with E-state index in [-0.39, 0.29) is 16.9 Å². The molecule has 3 amide bonds. The van der Waals surface area contributed by atoms with Crippen molar-refractivity contribution in [3.8, 4) is 5.75 Å². The van der Waals surface area contributed by atoms with Crippen LogP contribution in [0, 0.1) is 0 Å². The first-order valence-electron chi connectivity index (χ1n) is 14.6. The van der Waals surface area contributed by atoms with Gasteiger partial charge in [-0.1, -0.05) is 66.7 Å². The quantitative estimate of drug-likeness (QED) is 0.104. The van der Waals surface area contributed by atoms with Gasteiger partial charge in [-0.3, -0.25) is 14.4 Å². The minimum Gasteiger partial charge on any atom is -0.494 e. The number of hydrogen-bond donors (Lipinski definition) is 3. The molecule has 7 nitrogen and oxygen atoms in total. The highest BCUT2D eigenvalue weighted by molar-refractivity contribution is 8.00. The highest BCUT2D eigenvalue weighted by Crippen LogP contribution is 2.28. The second-order valence-electron chi connectivity index (χ2n) is 10.1. The number of benzene rings is 5. The van der Waals surface area contributed by atoms with Gasteiger partial charge < -0.3 is 20.7 Å². The molecule has 5 aromatic carbocycles. The van der Waals surface area contributed by atoms with Gasteiger partial charge in [-0.15, -0.1) is 11.8 Å². The zero-order valence-corrected chi connectivity index (χ0v) is 25.8. The van der Waals surface area contributed by atoms with Gasteiger partial charge in [0, 0.05) is 27.2 Å². The van der Waals surface area contributed by atoms with Gasteiger partial charge in [0.25, 0.3) is 11.8 Å². The second kappa shape index (κ2) is 14.9. The predicted molar refractivity (Wildman–Crippen MR) is 182 cm³/mol. The van der Waals surface area contributed by atoms with E-state index in [1.807, 2.05) is 98.8 Å². The molecule has 1 unspecified atom stereocenters. The van der Waals surface area contributed by atoms with Crippen LogP contribution in [0.2, 0.25) is 0 Å². The number of thioether (sulfide) groups is 1.